The Balaban J connectivity index is 1.35. The van der Waals surface area contributed by atoms with Gasteiger partial charge in [-0.2, -0.15) is 0 Å². The minimum atomic E-state index is -0.729. The van der Waals surface area contributed by atoms with Crippen molar-refractivity contribution < 1.29 is 17.8 Å². The lowest BCUT2D eigenvalue weighted by Crippen LogP contribution is -2.09. The van der Waals surface area contributed by atoms with Gasteiger partial charge in [0.05, 0.1) is 17.8 Å². The van der Waals surface area contributed by atoms with Crippen molar-refractivity contribution in [2.75, 3.05) is 4.90 Å². The molecule has 0 unspecified atom stereocenters. The SMILES string of the molecule is [2H]c1c([2H])c([2H])c(-c2c([2H])c([2H])c(N(c3ccc(-c4ccccc4)cc3)c3c([2H])c([2H])c(-c4cccc(-c5ccc6ccccc6c5)c4)c([2H])c3[2H])c([2H])c2[2H])c([2H])c1[2H]. The highest BCUT2D eigenvalue weighted by Gasteiger charge is 2.14. The van der Waals surface area contributed by atoms with E-state index in [1.165, 1.54) is 0 Å². The summed E-state index contributed by atoms with van der Waals surface area (Å²) in [4.78, 5) is 1.16. The van der Waals surface area contributed by atoms with Crippen LogP contribution in [-0.2, 0) is 0 Å². The molecule has 0 aliphatic heterocycles. The van der Waals surface area contributed by atoms with Gasteiger partial charge in [0.2, 0.25) is 0 Å². The van der Waals surface area contributed by atoms with E-state index in [0.717, 1.165) is 37.9 Å². The molecule has 0 aliphatic carbocycles. The highest BCUT2D eigenvalue weighted by Crippen LogP contribution is 2.38. The summed E-state index contributed by atoms with van der Waals surface area (Å²) in [7, 11) is 0. The van der Waals surface area contributed by atoms with E-state index in [2.05, 4.69) is 0 Å². The number of fused-ring (bicyclic) bond motifs is 1. The molecule has 0 aromatic heterocycles. The highest BCUT2D eigenvalue weighted by molar-refractivity contribution is 5.88. The van der Waals surface area contributed by atoms with Gasteiger partial charge in [-0.25, -0.2) is 0 Å². The molecule has 0 heterocycles. The van der Waals surface area contributed by atoms with Crippen molar-refractivity contribution in [1.82, 2.24) is 0 Å². The summed E-state index contributed by atoms with van der Waals surface area (Å²) in [6.45, 7) is 0. The van der Waals surface area contributed by atoms with Crippen molar-refractivity contribution in [3.8, 4) is 44.5 Å². The smallest absolute Gasteiger partial charge is 0.0645 e. The topological polar surface area (TPSA) is 3.24 Å². The van der Waals surface area contributed by atoms with Gasteiger partial charge in [-0.05, 0) is 104 Å². The third kappa shape index (κ3) is 5.95. The molecule has 0 bridgehead atoms. The first-order chi connectivity index (χ1) is 28.7. The van der Waals surface area contributed by atoms with Crippen LogP contribution < -0.4 is 4.90 Å². The number of rotatable bonds is 7. The van der Waals surface area contributed by atoms with E-state index in [-0.39, 0.29) is 16.9 Å². The molecule has 0 fully saturated rings. The van der Waals surface area contributed by atoms with E-state index in [0.29, 0.717) is 5.56 Å². The van der Waals surface area contributed by atoms with Crippen LogP contribution in [0, 0.1) is 0 Å². The Morgan fingerprint density at radius 3 is 1.47 bits per heavy atom. The molecule has 0 atom stereocenters. The molecule has 8 rings (SSSR count). The molecule has 0 N–H and O–H groups in total. The van der Waals surface area contributed by atoms with Crippen molar-refractivity contribution in [2.24, 2.45) is 0 Å². The van der Waals surface area contributed by atoms with E-state index in [1.54, 1.807) is 42.5 Å². The number of nitrogens with zero attached hydrogens (tertiary/aromatic N) is 1. The Bertz CT molecular complexity index is 2940. The van der Waals surface area contributed by atoms with Crippen LogP contribution in [0.25, 0.3) is 55.3 Å². The summed E-state index contributed by atoms with van der Waals surface area (Å²) in [5, 5.41) is 2.10. The van der Waals surface area contributed by atoms with Gasteiger partial charge in [0.15, 0.2) is 0 Å². The zero-order chi connectivity index (χ0) is 42.7. The summed E-state index contributed by atoms with van der Waals surface area (Å²) >= 11 is 0. The van der Waals surface area contributed by atoms with Crippen LogP contribution in [0.5, 0.6) is 0 Å². The fourth-order valence-electron chi connectivity index (χ4n) is 5.51. The number of benzene rings is 8. The van der Waals surface area contributed by atoms with Crippen LogP contribution in [-0.4, -0.2) is 0 Å². The molecule has 0 spiro atoms. The van der Waals surface area contributed by atoms with Crippen molar-refractivity contribution in [3.63, 3.8) is 0 Å². The van der Waals surface area contributed by atoms with Gasteiger partial charge in [-0.15, -0.1) is 0 Å². The molecule has 8 aromatic rings. The second-order valence-corrected chi connectivity index (χ2v) is 10.8. The first kappa shape index (κ1) is 17.5. The zero-order valence-corrected chi connectivity index (χ0v) is 25.0. The molecule has 222 valence electrons. The minimum Gasteiger partial charge on any atom is -0.311 e. The average Bonchev–Trinajstić information content (AvgIpc) is 3.27. The molecule has 8 aromatic carbocycles. The van der Waals surface area contributed by atoms with Gasteiger partial charge in [-0.3, -0.25) is 0 Å². The monoisotopic (exact) mass is 612 g/mol. The maximum absolute atomic E-state index is 9.43. The third-order valence-corrected chi connectivity index (χ3v) is 7.89. The van der Waals surface area contributed by atoms with Crippen LogP contribution in [0.3, 0.4) is 0 Å². The van der Waals surface area contributed by atoms with Crippen LogP contribution >= 0.6 is 0 Å². The van der Waals surface area contributed by atoms with Gasteiger partial charge in [0.25, 0.3) is 0 Å². The van der Waals surface area contributed by atoms with Gasteiger partial charge in [0, 0.05) is 17.1 Å². The predicted molar refractivity (Wildman–Crippen MR) is 200 cm³/mol. The normalized spacial score (nSPS) is 14.9. The van der Waals surface area contributed by atoms with Gasteiger partial charge in [0.1, 0.15) is 0 Å². The number of hydrogen-bond acceptors (Lipinski definition) is 1. The third-order valence-electron chi connectivity index (χ3n) is 7.89. The molecule has 0 radical (unpaired) electrons. The van der Waals surface area contributed by atoms with Crippen LogP contribution in [0.2, 0.25) is 0 Å². The fraction of sp³-hybridized carbons (Fsp3) is 0. The summed E-state index contributed by atoms with van der Waals surface area (Å²) in [5.74, 6) is 0. The van der Waals surface area contributed by atoms with Crippen molar-refractivity contribution in [2.45, 2.75) is 0 Å². The lowest BCUT2D eigenvalue weighted by atomic mass is 9.97. The Morgan fingerprint density at radius 2 is 0.787 bits per heavy atom. The summed E-state index contributed by atoms with van der Waals surface area (Å²) in [6.07, 6.45) is 0. The average molecular weight is 613 g/mol. The molecule has 47 heavy (non-hydrogen) atoms. The second-order valence-electron chi connectivity index (χ2n) is 10.8. The molecular formula is C46H33N. The standard InChI is InChI=1S/C46H33N/c1-3-10-34(11-4-1)37-20-26-44(27-21-37)47(45-28-22-38(23-29-45)35-12-5-2-6-13-35)46-30-24-39(25-31-46)41-16-9-17-42(32-41)43-19-18-36-14-7-8-15-40(36)33-43/h1-33H/i1D,3D,4D,10D,11D,20D,21D,24D,25D,26D,27D,30D,31D. The van der Waals surface area contributed by atoms with E-state index in [1.807, 2.05) is 78.9 Å². The molecule has 0 saturated carbocycles. The van der Waals surface area contributed by atoms with E-state index < -0.39 is 95.4 Å². The van der Waals surface area contributed by atoms with Gasteiger partial charge in [-0.1, -0.05) is 151 Å². The summed E-state index contributed by atoms with van der Waals surface area (Å²) in [6, 6.07) is 29.1. The van der Waals surface area contributed by atoms with E-state index in [9.17, 15) is 8.22 Å². The Hall–Kier alpha value is -6.18. The van der Waals surface area contributed by atoms with Crippen molar-refractivity contribution in [1.29, 1.82) is 0 Å². The molecule has 0 amide bonds. The Kier molecular flexibility index (Phi) is 4.72. The second kappa shape index (κ2) is 12.7. The molecule has 0 aliphatic rings. The minimum absolute atomic E-state index is 0.0202. The van der Waals surface area contributed by atoms with Crippen LogP contribution in [0.1, 0.15) is 17.8 Å². The molecule has 0 saturated heterocycles. The molecule has 1 nitrogen and oxygen atoms in total. The lowest BCUT2D eigenvalue weighted by molar-refractivity contribution is 1.28. The summed E-state index contributed by atoms with van der Waals surface area (Å²) in [5.41, 5.74) is 2.18. The molecule has 1 heteroatoms. The maximum atomic E-state index is 9.43. The van der Waals surface area contributed by atoms with Crippen LogP contribution in [0.4, 0.5) is 17.1 Å². The van der Waals surface area contributed by atoms with E-state index >= 15 is 0 Å². The lowest BCUT2D eigenvalue weighted by Gasteiger charge is -2.26. The van der Waals surface area contributed by atoms with Crippen LogP contribution in [0.15, 0.2) is 200 Å². The predicted octanol–water partition coefficient (Wildman–Crippen LogP) is 13.0. The molecular weight excluding hydrogens is 567 g/mol. The number of hydrogen-bond donors (Lipinski definition) is 0. The van der Waals surface area contributed by atoms with Gasteiger partial charge >= 0.3 is 0 Å². The van der Waals surface area contributed by atoms with Gasteiger partial charge < -0.3 is 4.90 Å². The Labute approximate surface area is 294 Å². The zero-order valence-electron chi connectivity index (χ0n) is 38.0. The van der Waals surface area contributed by atoms with Crippen molar-refractivity contribution in [3.05, 3.63) is 200 Å². The quantitative estimate of drug-likeness (QED) is 0.173. The number of anilines is 3. The first-order valence-corrected chi connectivity index (χ1v) is 15.0. The Morgan fingerprint density at radius 1 is 0.298 bits per heavy atom. The van der Waals surface area contributed by atoms with E-state index in [4.69, 9.17) is 9.60 Å². The highest BCUT2D eigenvalue weighted by atomic mass is 15.1. The first-order valence-electron chi connectivity index (χ1n) is 21.5. The fourth-order valence-corrected chi connectivity index (χ4v) is 5.51. The largest absolute Gasteiger partial charge is 0.311 e. The summed E-state index contributed by atoms with van der Waals surface area (Å²) < 4.78 is 116. The van der Waals surface area contributed by atoms with Crippen molar-refractivity contribution >= 4 is 27.8 Å². The maximum Gasteiger partial charge on any atom is 0.0645 e.